The molecule has 6 nitrogen and oxygen atoms in total. The van der Waals surface area contributed by atoms with Crippen LogP contribution in [0.15, 0.2) is 29.2 Å². The van der Waals surface area contributed by atoms with Crippen molar-refractivity contribution in [1.82, 2.24) is 5.32 Å². The van der Waals surface area contributed by atoms with E-state index in [-0.39, 0.29) is 23.9 Å². The first-order chi connectivity index (χ1) is 9.20. The molecule has 0 saturated carbocycles. The van der Waals surface area contributed by atoms with Gasteiger partial charge < -0.3 is 16.2 Å². The Morgan fingerprint density at radius 2 is 1.90 bits per heavy atom. The van der Waals surface area contributed by atoms with Crippen LogP contribution in [0.5, 0.6) is 0 Å². The largest absolute Gasteiger partial charge is 0.387 e. The summed E-state index contributed by atoms with van der Waals surface area (Å²) in [6.45, 7) is 2.05. The van der Waals surface area contributed by atoms with Gasteiger partial charge in [-0.3, -0.25) is 4.79 Å². The van der Waals surface area contributed by atoms with Crippen LogP contribution in [0.3, 0.4) is 0 Å². The van der Waals surface area contributed by atoms with Crippen LogP contribution in [0, 0.1) is 0 Å². The van der Waals surface area contributed by atoms with Gasteiger partial charge in [-0.15, -0.1) is 0 Å². The number of aliphatic hydroxyl groups excluding tert-OH is 1. The van der Waals surface area contributed by atoms with E-state index in [1.54, 1.807) is 19.1 Å². The molecule has 2 unspecified atom stereocenters. The third-order valence-corrected chi connectivity index (χ3v) is 3.99. The van der Waals surface area contributed by atoms with Crippen molar-refractivity contribution in [1.29, 1.82) is 0 Å². The van der Waals surface area contributed by atoms with Gasteiger partial charge in [0.2, 0.25) is 5.91 Å². The zero-order valence-corrected chi connectivity index (χ0v) is 12.4. The van der Waals surface area contributed by atoms with E-state index in [4.69, 9.17) is 5.73 Å². The molecule has 1 aromatic rings. The number of rotatable bonds is 7. The number of hydrogen-bond acceptors (Lipinski definition) is 5. The Labute approximate surface area is 118 Å². The number of nitrogens with one attached hydrogen (secondary N) is 1. The molecule has 0 aliphatic carbocycles. The maximum atomic E-state index is 11.3. The summed E-state index contributed by atoms with van der Waals surface area (Å²) in [5, 5.41) is 13.0. The first-order valence-corrected chi connectivity index (χ1v) is 8.09. The lowest BCUT2D eigenvalue weighted by molar-refractivity contribution is -0.118. The second-order valence-electron chi connectivity index (χ2n) is 4.84. The van der Waals surface area contributed by atoms with Crippen molar-refractivity contribution in [3.05, 3.63) is 29.8 Å². The minimum absolute atomic E-state index is 0.127. The van der Waals surface area contributed by atoms with Crippen LogP contribution in [0.2, 0.25) is 0 Å². The highest BCUT2D eigenvalue weighted by atomic mass is 32.2. The van der Waals surface area contributed by atoms with E-state index in [0.717, 1.165) is 6.26 Å². The minimum Gasteiger partial charge on any atom is -0.387 e. The van der Waals surface area contributed by atoms with Gasteiger partial charge >= 0.3 is 0 Å². The predicted molar refractivity (Wildman–Crippen MR) is 75.8 cm³/mol. The Morgan fingerprint density at radius 1 is 1.35 bits per heavy atom. The molecule has 0 bridgehead atoms. The number of amides is 1. The van der Waals surface area contributed by atoms with E-state index in [9.17, 15) is 18.3 Å². The van der Waals surface area contributed by atoms with E-state index in [0.29, 0.717) is 5.56 Å². The second-order valence-corrected chi connectivity index (χ2v) is 6.85. The van der Waals surface area contributed by atoms with Gasteiger partial charge in [-0.25, -0.2) is 8.42 Å². The fraction of sp³-hybridized carbons (Fsp3) is 0.462. The van der Waals surface area contributed by atoms with Crippen molar-refractivity contribution >= 4 is 15.7 Å². The Hall–Kier alpha value is -1.44. The maximum absolute atomic E-state index is 11.3. The normalized spacial score (nSPS) is 14.8. The molecule has 0 aliphatic rings. The molecular formula is C13H20N2O4S. The molecule has 0 aliphatic heterocycles. The molecule has 0 fully saturated rings. The highest BCUT2D eigenvalue weighted by molar-refractivity contribution is 7.90. The van der Waals surface area contributed by atoms with Crippen LogP contribution in [-0.4, -0.2) is 38.3 Å². The Balaban J connectivity index is 2.60. The molecule has 1 amide bonds. The molecule has 0 aromatic heterocycles. The van der Waals surface area contributed by atoms with Gasteiger partial charge in [0.1, 0.15) is 0 Å². The number of nitrogens with two attached hydrogens (primary N) is 1. The van der Waals surface area contributed by atoms with E-state index in [1.807, 2.05) is 0 Å². The molecule has 0 spiro atoms. The molecule has 112 valence electrons. The topological polar surface area (TPSA) is 109 Å². The van der Waals surface area contributed by atoms with Crippen molar-refractivity contribution in [3.63, 3.8) is 0 Å². The van der Waals surface area contributed by atoms with Gasteiger partial charge in [-0.1, -0.05) is 12.1 Å². The van der Waals surface area contributed by atoms with Crippen molar-refractivity contribution < 1.29 is 18.3 Å². The van der Waals surface area contributed by atoms with Crippen LogP contribution >= 0.6 is 0 Å². The van der Waals surface area contributed by atoms with Crippen LogP contribution in [-0.2, 0) is 14.6 Å². The number of sulfone groups is 1. The van der Waals surface area contributed by atoms with Crippen LogP contribution in [0.25, 0.3) is 0 Å². The molecule has 7 heteroatoms. The first-order valence-electron chi connectivity index (χ1n) is 6.20. The van der Waals surface area contributed by atoms with Gasteiger partial charge in [0, 0.05) is 25.3 Å². The zero-order valence-electron chi connectivity index (χ0n) is 11.5. The highest BCUT2D eigenvalue weighted by Gasteiger charge is 2.12. The summed E-state index contributed by atoms with van der Waals surface area (Å²) < 4.78 is 22.6. The lowest BCUT2D eigenvalue weighted by atomic mass is 10.1. The third kappa shape index (κ3) is 5.28. The van der Waals surface area contributed by atoms with E-state index < -0.39 is 21.8 Å². The van der Waals surface area contributed by atoms with Gasteiger partial charge in [0.25, 0.3) is 0 Å². The maximum Gasteiger partial charge on any atom is 0.218 e. The van der Waals surface area contributed by atoms with Gasteiger partial charge in [0.05, 0.1) is 11.0 Å². The Bertz CT molecular complexity index is 554. The fourth-order valence-electron chi connectivity index (χ4n) is 1.74. The highest BCUT2D eigenvalue weighted by Crippen LogP contribution is 2.16. The lowest BCUT2D eigenvalue weighted by Gasteiger charge is -2.16. The Kier molecular flexibility index (Phi) is 5.67. The van der Waals surface area contributed by atoms with E-state index in [2.05, 4.69) is 5.32 Å². The van der Waals surface area contributed by atoms with Crippen molar-refractivity contribution in [2.75, 3.05) is 12.8 Å². The van der Waals surface area contributed by atoms with Crippen molar-refractivity contribution in [3.8, 4) is 0 Å². The summed E-state index contributed by atoms with van der Waals surface area (Å²) in [6, 6.07) is 5.93. The summed E-state index contributed by atoms with van der Waals surface area (Å²) in [6.07, 6.45) is 0.546. The summed E-state index contributed by atoms with van der Waals surface area (Å²) in [5.41, 5.74) is 5.68. The lowest BCUT2D eigenvalue weighted by Crippen LogP contribution is -2.33. The summed E-state index contributed by atoms with van der Waals surface area (Å²) in [4.78, 5) is 10.9. The molecule has 0 heterocycles. The van der Waals surface area contributed by atoms with Crippen LogP contribution in [0.4, 0.5) is 0 Å². The smallest absolute Gasteiger partial charge is 0.218 e. The fourth-order valence-corrected chi connectivity index (χ4v) is 2.37. The third-order valence-electron chi connectivity index (χ3n) is 2.86. The molecule has 20 heavy (non-hydrogen) atoms. The van der Waals surface area contributed by atoms with E-state index >= 15 is 0 Å². The van der Waals surface area contributed by atoms with Crippen LogP contribution < -0.4 is 11.1 Å². The number of carbonyl (C=O) groups is 1. The molecular weight excluding hydrogens is 280 g/mol. The van der Waals surface area contributed by atoms with Crippen molar-refractivity contribution in [2.24, 2.45) is 5.73 Å². The summed E-state index contributed by atoms with van der Waals surface area (Å²) in [5.74, 6) is -0.406. The van der Waals surface area contributed by atoms with Gasteiger partial charge in [-0.05, 0) is 24.6 Å². The molecule has 0 radical (unpaired) electrons. The summed E-state index contributed by atoms with van der Waals surface area (Å²) in [7, 11) is -3.23. The standard InChI is InChI=1S/C13H20N2O4S/c1-9(7-13(14)17)15-8-12(16)10-3-5-11(6-4-10)20(2,18)19/h3-6,9,12,15-16H,7-8H2,1-2H3,(H2,14,17). The second kappa shape index (κ2) is 6.83. The number of hydrogen-bond donors (Lipinski definition) is 3. The van der Waals surface area contributed by atoms with Crippen LogP contribution in [0.1, 0.15) is 25.0 Å². The summed E-state index contributed by atoms with van der Waals surface area (Å²) >= 11 is 0. The van der Waals surface area contributed by atoms with E-state index in [1.165, 1.54) is 12.1 Å². The Morgan fingerprint density at radius 3 is 2.35 bits per heavy atom. The molecule has 1 aromatic carbocycles. The molecule has 4 N–H and O–H groups in total. The average molecular weight is 300 g/mol. The quantitative estimate of drug-likeness (QED) is 0.655. The SMILES string of the molecule is CC(CC(N)=O)NCC(O)c1ccc(S(C)(=O)=O)cc1. The zero-order chi connectivity index (χ0) is 15.3. The van der Waals surface area contributed by atoms with Crippen molar-refractivity contribution in [2.45, 2.75) is 30.4 Å². The van der Waals surface area contributed by atoms with Gasteiger partial charge in [-0.2, -0.15) is 0 Å². The average Bonchev–Trinajstić information content (AvgIpc) is 2.34. The monoisotopic (exact) mass is 300 g/mol. The molecule has 1 rings (SSSR count). The predicted octanol–water partition coefficient (Wildman–Crippen LogP) is -0.0230. The minimum atomic E-state index is -3.23. The number of aliphatic hydroxyl groups is 1. The molecule has 2 atom stereocenters. The number of primary amides is 1. The van der Waals surface area contributed by atoms with Gasteiger partial charge in [0.15, 0.2) is 9.84 Å². The molecule has 0 saturated heterocycles. The number of benzene rings is 1. The first kappa shape index (κ1) is 16.6. The number of carbonyl (C=O) groups excluding carboxylic acids is 1.